The summed E-state index contributed by atoms with van der Waals surface area (Å²) in [6.45, 7) is 5.13. The molecule has 4 N–H and O–H groups in total. The maximum Gasteiger partial charge on any atom is 0.573 e. The highest BCUT2D eigenvalue weighted by Gasteiger charge is 2.49. The first-order chi connectivity index (χ1) is 21.2. The van der Waals surface area contributed by atoms with Crippen molar-refractivity contribution in [2.24, 2.45) is 0 Å². The summed E-state index contributed by atoms with van der Waals surface area (Å²) in [6.07, 6.45) is -6.45. The van der Waals surface area contributed by atoms with Crippen molar-refractivity contribution in [2.45, 2.75) is 63.0 Å². The van der Waals surface area contributed by atoms with Crippen molar-refractivity contribution in [1.29, 1.82) is 0 Å². The SMILES string of the molecule is Cc1c(O)cccc1C(=O)N[C@@H](Cc1ccccc1)[C@H](O)C(=O)N1CSC(C)(C)[C@H]1C(=O)NCc1ccc(OC(F)(F)F)cc1. The molecule has 1 aliphatic rings. The number of phenolic OH excluding ortho intramolecular Hbond substituents is 1. The van der Waals surface area contributed by atoms with Crippen molar-refractivity contribution in [3.63, 3.8) is 0 Å². The number of hydrogen-bond donors (Lipinski definition) is 4. The van der Waals surface area contributed by atoms with Crippen LogP contribution in [0.4, 0.5) is 13.2 Å². The number of amides is 3. The van der Waals surface area contributed by atoms with Crippen LogP contribution in [0.2, 0.25) is 0 Å². The van der Waals surface area contributed by atoms with Crippen molar-refractivity contribution in [3.05, 3.63) is 95.1 Å². The third-order valence-electron chi connectivity index (χ3n) is 7.50. The third kappa shape index (κ3) is 8.49. The van der Waals surface area contributed by atoms with Gasteiger partial charge in [-0.1, -0.05) is 48.5 Å². The molecule has 1 heterocycles. The van der Waals surface area contributed by atoms with Crippen LogP contribution in [0.25, 0.3) is 0 Å². The second-order valence-corrected chi connectivity index (χ2v) is 12.8. The largest absolute Gasteiger partial charge is 0.573 e. The van der Waals surface area contributed by atoms with Crippen LogP contribution >= 0.6 is 11.8 Å². The van der Waals surface area contributed by atoms with Gasteiger partial charge >= 0.3 is 6.36 Å². The van der Waals surface area contributed by atoms with E-state index in [1.54, 1.807) is 45.0 Å². The number of nitrogens with one attached hydrogen (secondary N) is 2. The fourth-order valence-corrected chi connectivity index (χ4v) is 6.22. The number of aliphatic hydroxyl groups excluding tert-OH is 1. The molecule has 0 spiro atoms. The van der Waals surface area contributed by atoms with Gasteiger partial charge in [-0.3, -0.25) is 14.4 Å². The summed E-state index contributed by atoms with van der Waals surface area (Å²) in [4.78, 5) is 41.8. The number of thioether (sulfide) groups is 1. The Bertz CT molecular complexity index is 1520. The van der Waals surface area contributed by atoms with Gasteiger partial charge in [-0.05, 0) is 62.6 Å². The number of benzene rings is 3. The van der Waals surface area contributed by atoms with Gasteiger partial charge in [0.15, 0.2) is 6.10 Å². The van der Waals surface area contributed by atoms with Gasteiger partial charge in [0.05, 0.1) is 11.9 Å². The van der Waals surface area contributed by atoms with Gasteiger partial charge in [-0.15, -0.1) is 24.9 Å². The molecule has 4 rings (SSSR count). The molecule has 240 valence electrons. The zero-order valence-electron chi connectivity index (χ0n) is 24.8. The minimum absolute atomic E-state index is 0.0249. The predicted octanol–water partition coefficient (Wildman–Crippen LogP) is 4.30. The number of hydrogen-bond acceptors (Lipinski definition) is 7. The second-order valence-electron chi connectivity index (χ2n) is 11.2. The Morgan fingerprint density at radius 2 is 1.69 bits per heavy atom. The summed E-state index contributed by atoms with van der Waals surface area (Å²) >= 11 is 1.34. The summed E-state index contributed by atoms with van der Waals surface area (Å²) in [5, 5.41) is 27.0. The molecule has 0 radical (unpaired) electrons. The molecule has 0 unspecified atom stereocenters. The van der Waals surface area contributed by atoms with Crippen LogP contribution in [0, 0.1) is 6.92 Å². The van der Waals surface area contributed by atoms with E-state index < -0.39 is 52.8 Å². The summed E-state index contributed by atoms with van der Waals surface area (Å²) < 4.78 is 40.5. The van der Waals surface area contributed by atoms with Gasteiger partial charge in [-0.2, -0.15) is 0 Å². The minimum Gasteiger partial charge on any atom is -0.508 e. The maximum absolute atomic E-state index is 13.8. The number of carbonyl (C=O) groups excluding carboxylic acids is 3. The number of aliphatic hydroxyl groups is 1. The molecule has 3 aromatic carbocycles. The molecule has 1 aliphatic heterocycles. The standard InChI is InChI=1S/C32H34F3N3O6S/c1-19-23(10-7-11-25(19)39)28(41)37-24(16-20-8-5-4-6-9-20)26(40)30(43)38-18-45-31(2,3)27(38)29(42)36-17-21-12-14-22(15-13-21)44-32(33,34)35/h4-15,24,26-27,39-40H,16-18H2,1-3H3,(H,36,42)(H,37,41)/t24-,26-,27+/m0/s1. The molecule has 45 heavy (non-hydrogen) atoms. The van der Waals surface area contributed by atoms with E-state index in [2.05, 4.69) is 15.4 Å². The van der Waals surface area contributed by atoms with Crippen molar-refractivity contribution in [2.75, 3.05) is 5.88 Å². The Morgan fingerprint density at radius 3 is 2.33 bits per heavy atom. The van der Waals surface area contributed by atoms with Crippen LogP contribution in [0.3, 0.4) is 0 Å². The van der Waals surface area contributed by atoms with Crippen molar-refractivity contribution < 1.29 is 42.5 Å². The van der Waals surface area contributed by atoms with E-state index in [1.807, 2.05) is 6.07 Å². The van der Waals surface area contributed by atoms with Crippen LogP contribution in [0.1, 0.15) is 40.9 Å². The summed E-state index contributed by atoms with van der Waals surface area (Å²) in [6, 6.07) is 16.4. The quantitative estimate of drug-likeness (QED) is 0.259. The lowest BCUT2D eigenvalue weighted by Gasteiger charge is -2.33. The van der Waals surface area contributed by atoms with Gasteiger partial charge in [0.1, 0.15) is 17.5 Å². The van der Waals surface area contributed by atoms with Gasteiger partial charge in [0.2, 0.25) is 5.91 Å². The molecule has 13 heteroatoms. The van der Waals surface area contributed by atoms with E-state index in [1.165, 1.54) is 47.0 Å². The fourth-order valence-electron chi connectivity index (χ4n) is 5.07. The Hall–Kier alpha value is -4.23. The van der Waals surface area contributed by atoms with Gasteiger partial charge in [-0.25, -0.2) is 0 Å². The van der Waals surface area contributed by atoms with Crippen LogP contribution in [0.5, 0.6) is 11.5 Å². The minimum atomic E-state index is -4.83. The zero-order chi connectivity index (χ0) is 32.9. The van der Waals surface area contributed by atoms with Crippen LogP contribution in [-0.4, -0.2) is 68.0 Å². The Balaban J connectivity index is 1.51. The molecular weight excluding hydrogens is 611 g/mol. The number of halogens is 3. The van der Waals surface area contributed by atoms with E-state index >= 15 is 0 Å². The molecule has 9 nitrogen and oxygen atoms in total. The van der Waals surface area contributed by atoms with E-state index in [0.29, 0.717) is 11.1 Å². The number of ether oxygens (including phenoxy) is 1. The lowest BCUT2D eigenvalue weighted by Crippen LogP contribution is -2.58. The molecular formula is C32H34F3N3O6S. The highest BCUT2D eigenvalue weighted by molar-refractivity contribution is 8.00. The number of rotatable bonds is 10. The first kappa shape index (κ1) is 33.7. The average Bonchev–Trinajstić information content (AvgIpc) is 3.31. The van der Waals surface area contributed by atoms with Gasteiger partial charge in [0.25, 0.3) is 11.8 Å². The zero-order valence-corrected chi connectivity index (χ0v) is 25.6. The highest BCUT2D eigenvalue weighted by atomic mass is 32.2. The normalized spacial score (nSPS) is 17.3. The number of nitrogens with zero attached hydrogens (tertiary/aromatic N) is 1. The number of alkyl halides is 3. The summed E-state index contributed by atoms with van der Waals surface area (Å²) in [5.74, 6) is -2.23. The summed E-state index contributed by atoms with van der Waals surface area (Å²) in [7, 11) is 0. The molecule has 0 bridgehead atoms. The highest BCUT2D eigenvalue weighted by Crippen LogP contribution is 2.40. The third-order valence-corrected chi connectivity index (χ3v) is 8.87. The molecule has 3 atom stereocenters. The monoisotopic (exact) mass is 645 g/mol. The molecule has 0 saturated carbocycles. The van der Waals surface area contributed by atoms with E-state index in [9.17, 15) is 37.8 Å². The number of carbonyl (C=O) groups is 3. The van der Waals surface area contributed by atoms with Crippen molar-refractivity contribution in [1.82, 2.24) is 15.5 Å². The first-order valence-electron chi connectivity index (χ1n) is 14.0. The molecule has 1 saturated heterocycles. The second kappa shape index (κ2) is 13.8. The van der Waals surface area contributed by atoms with E-state index in [0.717, 1.165) is 17.7 Å². The Morgan fingerprint density at radius 1 is 1.02 bits per heavy atom. The molecule has 3 amide bonds. The molecule has 0 aromatic heterocycles. The predicted molar refractivity (Wildman–Crippen MR) is 162 cm³/mol. The number of aromatic hydroxyl groups is 1. The molecule has 1 fully saturated rings. The van der Waals surface area contributed by atoms with Crippen molar-refractivity contribution >= 4 is 29.5 Å². The van der Waals surface area contributed by atoms with Crippen LogP contribution in [-0.2, 0) is 22.6 Å². The lowest BCUT2D eigenvalue weighted by molar-refractivity contribution is -0.274. The van der Waals surface area contributed by atoms with E-state index in [4.69, 9.17) is 0 Å². The summed E-state index contributed by atoms with van der Waals surface area (Å²) in [5.41, 5.74) is 1.78. The maximum atomic E-state index is 13.8. The van der Waals surface area contributed by atoms with Gasteiger partial charge < -0.3 is 30.5 Å². The van der Waals surface area contributed by atoms with E-state index in [-0.39, 0.29) is 30.2 Å². The topological polar surface area (TPSA) is 128 Å². The number of phenols is 1. The Kier molecular flexibility index (Phi) is 10.3. The molecule has 0 aliphatic carbocycles. The average molecular weight is 646 g/mol. The fraction of sp³-hybridized carbons (Fsp3) is 0.344. The van der Waals surface area contributed by atoms with Crippen molar-refractivity contribution in [3.8, 4) is 11.5 Å². The lowest BCUT2D eigenvalue weighted by atomic mass is 9.96. The smallest absolute Gasteiger partial charge is 0.508 e. The molecule has 3 aromatic rings. The van der Waals surface area contributed by atoms with Crippen LogP contribution in [0.15, 0.2) is 72.8 Å². The Labute approximate surface area is 262 Å². The van der Waals surface area contributed by atoms with Crippen LogP contribution < -0.4 is 15.4 Å². The first-order valence-corrected chi connectivity index (χ1v) is 15.0. The van der Waals surface area contributed by atoms with Gasteiger partial charge in [0, 0.05) is 22.4 Å².